The maximum Gasteiger partial charge on any atom is 0.320 e. The molecule has 0 aliphatic rings. The Morgan fingerprint density at radius 3 is 1.94 bits per heavy atom. The summed E-state index contributed by atoms with van der Waals surface area (Å²) in [4.78, 5) is 24.8. The van der Waals surface area contributed by atoms with Crippen LogP contribution in [0.2, 0.25) is 0 Å². The molecule has 1 N–H and O–H groups in total. The molecule has 0 aliphatic carbocycles. The fourth-order valence-corrected chi connectivity index (χ4v) is 2.16. The number of carboxylic acid groups (broad SMARTS) is 1. The summed E-state index contributed by atoms with van der Waals surface area (Å²) in [5.74, 6) is -0.627. The van der Waals surface area contributed by atoms with E-state index in [1.807, 2.05) is 25.7 Å². The molecule has 18 heavy (non-hydrogen) atoms. The first-order chi connectivity index (χ1) is 8.56. The summed E-state index contributed by atoms with van der Waals surface area (Å²) >= 11 is 0. The van der Waals surface area contributed by atoms with Crippen molar-refractivity contribution in [2.45, 2.75) is 65.3 Å². The Morgan fingerprint density at radius 1 is 1.00 bits per heavy atom. The lowest BCUT2D eigenvalue weighted by Crippen LogP contribution is -2.42. The van der Waals surface area contributed by atoms with Crippen LogP contribution in [0, 0.1) is 0 Å². The number of nitrogens with zero attached hydrogens (tertiary/aromatic N) is 1. The summed E-state index contributed by atoms with van der Waals surface area (Å²) in [7, 11) is 0. The van der Waals surface area contributed by atoms with Gasteiger partial charge in [0.2, 0.25) is 0 Å². The standard InChI is InChI=1S/C14H27NO3/c1-4-7-12(16)8-9-13(14(17)18)15(10-5-2)11-6-3/h13H,4-11H2,1-3H3,(H,17,18)/t13-/m0/s1. The van der Waals surface area contributed by atoms with E-state index in [2.05, 4.69) is 0 Å². The summed E-state index contributed by atoms with van der Waals surface area (Å²) in [6.45, 7) is 7.63. The molecule has 0 rings (SSSR count). The zero-order chi connectivity index (χ0) is 14.0. The average Bonchev–Trinajstić information content (AvgIpc) is 2.29. The van der Waals surface area contributed by atoms with Gasteiger partial charge in [-0.25, -0.2) is 0 Å². The summed E-state index contributed by atoms with van der Waals surface area (Å²) in [6.07, 6.45) is 4.10. The first kappa shape index (κ1) is 17.1. The van der Waals surface area contributed by atoms with Gasteiger partial charge in [0.15, 0.2) is 0 Å². The smallest absolute Gasteiger partial charge is 0.320 e. The van der Waals surface area contributed by atoms with Crippen molar-refractivity contribution in [3.8, 4) is 0 Å². The Hall–Kier alpha value is -0.900. The number of Topliss-reactive ketones (excluding diaryl/α,β-unsaturated/α-hetero) is 1. The molecular formula is C14H27NO3. The quantitative estimate of drug-likeness (QED) is 0.618. The minimum Gasteiger partial charge on any atom is -0.480 e. The molecule has 0 heterocycles. The van der Waals surface area contributed by atoms with Crippen LogP contribution in [0.15, 0.2) is 0 Å². The van der Waals surface area contributed by atoms with Gasteiger partial charge in [-0.2, -0.15) is 0 Å². The van der Waals surface area contributed by atoms with E-state index in [0.29, 0.717) is 19.3 Å². The molecule has 0 fully saturated rings. The molecule has 1 atom stereocenters. The van der Waals surface area contributed by atoms with Gasteiger partial charge in [-0.1, -0.05) is 20.8 Å². The predicted molar refractivity (Wildman–Crippen MR) is 72.7 cm³/mol. The highest BCUT2D eigenvalue weighted by Crippen LogP contribution is 2.11. The van der Waals surface area contributed by atoms with Gasteiger partial charge >= 0.3 is 5.97 Å². The Kier molecular flexibility index (Phi) is 9.56. The van der Waals surface area contributed by atoms with Gasteiger partial charge in [0.05, 0.1) is 0 Å². The van der Waals surface area contributed by atoms with Crippen LogP contribution in [-0.4, -0.2) is 40.9 Å². The van der Waals surface area contributed by atoms with E-state index in [1.54, 1.807) is 0 Å². The SMILES string of the molecule is CCCC(=O)CC[C@@H](C(=O)O)N(CCC)CCC. The van der Waals surface area contributed by atoms with Crippen LogP contribution in [0.5, 0.6) is 0 Å². The van der Waals surface area contributed by atoms with Gasteiger partial charge in [-0.3, -0.25) is 14.5 Å². The molecule has 0 saturated carbocycles. The second kappa shape index (κ2) is 10.1. The molecule has 0 saturated heterocycles. The number of hydrogen-bond donors (Lipinski definition) is 1. The highest BCUT2D eigenvalue weighted by molar-refractivity contribution is 5.80. The molecule has 0 radical (unpaired) electrons. The maximum atomic E-state index is 11.5. The Morgan fingerprint density at radius 2 is 1.56 bits per heavy atom. The maximum absolute atomic E-state index is 11.5. The Labute approximate surface area is 110 Å². The molecule has 0 amide bonds. The molecule has 0 unspecified atom stereocenters. The zero-order valence-corrected chi connectivity index (χ0v) is 11.9. The molecule has 0 spiro atoms. The number of carboxylic acids is 1. The van der Waals surface area contributed by atoms with Crippen molar-refractivity contribution in [1.29, 1.82) is 0 Å². The van der Waals surface area contributed by atoms with Gasteiger partial charge < -0.3 is 5.11 Å². The van der Waals surface area contributed by atoms with E-state index in [4.69, 9.17) is 0 Å². The Bertz CT molecular complexity index is 247. The number of carbonyl (C=O) groups excluding carboxylic acids is 1. The van der Waals surface area contributed by atoms with Gasteiger partial charge in [0.1, 0.15) is 11.8 Å². The third-order valence-corrected chi connectivity index (χ3v) is 2.97. The zero-order valence-electron chi connectivity index (χ0n) is 11.9. The van der Waals surface area contributed by atoms with E-state index >= 15 is 0 Å². The number of rotatable bonds is 11. The predicted octanol–water partition coefficient (Wildman–Crippen LogP) is 2.71. The second-order valence-electron chi connectivity index (χ2n) is 4.72. The van der Waals surface area contributed by atoms with Crippen molar-refractivity contribution in [1.82, 2.24) is 4.90 Å². The van der Waals surface area contributed by atoms with E-state index in [1.165, 1.54) is 0 Å². The van der Waals surface area contributed by atoms with Gasteiger partial charge in [0, 0.05) is 12.8 Å². The molecular weight excluding hydrogens is 230 g/mol. The number of carbonyl (C=O) groups is 2. The second-order valence-corrected chi connectivity index (χ2v) is 4.72. The van der Waals surface area contributed by atoms with Crippen LogP contribution >= 0.6 is 0 Å². The van der Waals surface area contributed by atoms with Crippen molar-refractivity contribution in [3.05, 3.63) is 0 Å². The van der Waals surface area contributed by atoms with Crippen molar-refractivity contribution in [2.75, 3.05) is 13.1 Å². The van der Waals surface area contributed by atoms with Crippen LogP contribution < -0.4 is 0 Å². The molecule has 4 heteroatoms. The molecule has 0 bridgehead atoms. The highest BCUT2D eigenvalue weighted by atomic mass is 16.4. The largest absolute Gasteiger partial charge is 0.480 e. The Balaban J connectivity index is 4.42. The fraction of sp³-hybridized carbons (Fsp3) is 0.857. The molecule has 106 valence electrons. The highest BCUT2D eigenvalue weighted by Gasteiger charge is 2.24. The van der Waals surface area contributed by atoms with Crippen LogP contribution in [0.3, 0.4) is 0 Å². The summed E-state index contributed by atoms with van der Waals surface area (Å²) in [6, 6.07) is -0.509. The lowest BCUT2D eigenvalue weighted by molar-refractivity contribution is -0.143. The van der Waals surface area contributed by atoms with Crippen molar-refractivity contribution in [2.24, 2.45) is 0 Å². The molecule has 4 nitrogen and oxygen atoms in total. The molecule has 0 aromatic rings. The monoisotopic (exact) mass is 257 g/mol. The third kappa shape index (κ3) is 6.74. The summed E-state index contributed by atoms with van der Waals surface area (Å²) in [5, 5.41) is 9.29. The molecule has 0 aromatic heterocycles. The summed E-state index contributed by atoms with van der Waals surface area (Å²) < 4.78 is 0. The van der Waals surface area contributed by atoms with Crippen molar-refractivity contribution in [3.63, 3.8) is 0 Å². The fourth-order valence-electron chi connectivity index (χ4n) is 2.16. The van der Waals surface area contributed by atoms with Crippen LogP contribution in [0.1, 0.15) is 59.3 Å². The van der Waals surface area contributed by atoms with Gasteiger partial charge in [0.25, 0.3) is 0 Å². The van der Waals surface area contributed by atoms with Crippen molar-refractivity contribution >= 4 is 11.8 Å². The van der Waals surface area contributed by atoms with Crippen LogP contribution in [0.4, 0.5) is 0 Å². The van der Waals surface area contributed by atoms with E-state index in [9.17, 15) is 14.7 Å². The molecule has 0 aliphatic heterocycles. The first-order valence-corrected chi connectivity index (χ1v) is 7.05. The van der Waals surface area contributed by atoms with Gasteiger partial charge in [-0.05, 0) is 38.8 Å². The van der Waals surface area contributed by atoms with E-state index in [-0.39, 0.29) is 5.78 Å². The van der Waals surface area contributed by atoms with E-state index in [0.717, 1.165) is 32.4 Å². The van der Waals surface area contributed by atoms with Crippen LogP contribution in [-0.2, 0) is 9.59 Å². The van der Waals surface area contributed by atoms with Gasteiger partial charge in [-0.15, -0.1) is 0 Å². The number of aliphatic carboxylic acids is 1. The third-order valence-electron chi connectivity index (χ3n) is 2.97. The minimum atomic E-state index is -0.804. The summed E-state index contributed by atoms with van der Waals surface area (Å²) in [5.41, 5.74) is 0. The minimum absolute atomic E-state index is 0.177. The normalized spacial score (nSPS) is 12.7. The topological polar surface area (TPSA) is 57.6 Å². The molecule has 0 aromatic carbocycles. The lowest BCUT2D eigenvalue weighted by atomic mass is 10.0. The first-order valence-electron chi connectivity index (χ1n) is 7.05. The number of hydrogen-bond acceptors (Lipinski definition) is 3. The van der Waals surface area contributed by atoms with Crippen molar-refractivity contribution < 1.29 is 14.7 Å². The van der Waals surface area contributed by atoms with E-state index < -0.39 is 12.0 Å². The number of ketones is 1. The lowest BCUT2D eigenvalue weighted by Gasteiger charge is -2.28. The average molecular weight is 257 g/mol. The van der Waals surface area contributed by atoms with Crippen LogP contribution in [0.25, 0.3) is 0 Å².